The van der Waals surface area contributed by atoms with E-state index in [1.807, 2.05) is 18.2 Å². The molecule has 1 aromatic carbocycles. The molecule has 0 aliphatic heterocycles. The number of aromatic amines is 1. The molecule has 1 aliphatic carbocycles. The van der Waals surface area contributed by atoms with Gasteiger partial charge >= 0.3 is 0 Å². The van der Waals surface area contributed by atoms with Gasteiger partial charge in [0.05, 0.1) is 0 Å². The van der Waals surface area contributed by atoms with Gasteiger partial charge in [0.25, 0.3) is 5.82 Å². The molecule has 2 aromatic rings. The number of nitrogens with two attached hydrogens (primary N) is 1. The summed E-state index contributed by atoms with van der Waals surface area (Å²) in [7, 11) is 0. The van der Waals surface area contributed by atoms with Crippen molar-refractivity contribution >= 4 is 5.82 Å². The lowest BCUT2D eigenvalue weighted by Gasteiger charge is -2.23. The molecule has 0 bridgehead atoms. The number of nitrogens with one attached hydrogen (secondary N) is 1. The third-order valence-corrected chi connectivity index (χ3v) is 4.15. The van der Waals surface area contributed by atoms with Crippen molar-refractivity contribution in [3.05, 3.63) is 47.2 Å². The maximum Gasteiger partial charge on any atom is 0.289 e. The van der Waals surface area contributed by atoms with E-state index in [1.54, 1.807) is 0 Å². The third-order valence-electron chi connectivity index (χ3n) is 4.15. The lowest BCUT2D eigenvalue weighted by Crippen LogP contribution is -2.26. The number of pyridine rings is 1. The number of fused-ring (bicyclic) bond motifs is 1. The van der Waals surface area contributed by atoms with Gasteiger partial charge in [-0.1, -0.05) is 37.3 Å². The average molecular weight is 264 g/mol. The molecule has 1 aromatic heterocycles. The molecule has 0 saturated heterocycles. The van der Waals surface area contributed by atoms with Crippen LogP contribution in [0.5, 0.6) is 0 Å². The Morgan fingerprint density at radius 1 is 1.30 bits per heavy atom. The van der Waals surface area contributed by atoms with E-state index in [4.69, 9.17) is 5.73 Å². The van der Waals surface area contributed by atoms with Gasteiger partial charge in [0.1, 0.15) is 17.3 Å². The van der Waals surface area contributed by atoms with Crippen molar-refractivity contribution in [1.82, 2.24) is 0 Å². The molecule has 0 radical (unpaired) electrons. The van der Waals surface area contributed by atoms with Gasteiger partial charge < -0.3 is 0 Å². The summed E-state index contributed by atoms with van der Waals surface area (Å²) in [4.78, 5) is 3.26. The minimum absolute atomic E-state index is 0.469. The van der Waals surface area contributed by atoms with E-state index in [-0.39, 0.29) is 0 Å². The first-order valence-electron chi connectivity index (χ1n) is 7.05. The van der Waals surface area contributed by atoms with E-state index >= 15 is 0 Å². The van der Waals surface area contributed by atoms with E-state index < -0.39 is 0 Å². The van der Waals surface area contributed by atoms with Crippen LogP contribution in [0.4, 0.5) is 5.82 Å². The molecule has 0 fully saturated rings. The first-order chi connectivity index (χ1) is 9.72. The number of anilines is 1. The number of nitrogen functional groups attached to an aromatic ring is 1. The zero-order valence-corrected chi connectivity index (χ0v) is 11.6. The van der Waals surface area contributed by atoms with Crippen LogP contribution in [0.15, 0.2) is 30.3 Å². The highest BCUT2D eigenvalue weighted by molar-refractivity contribution is 5.77. The lowest BCUT2D eigenvalue weighted by atomic mass is 9.82. The fraction of sp³-hybridized carbons (Fsp3) is 0.294. The third kappa shape index (κ3) is 1.94. The van der Waals surface area contributed by atoms with Gasteiger partial charge in [-0.05, 0) is 24.8 Å². The summed E-state index contributed by atoms with van der Waals surface area (Å²) in [6.45, 7) is 2.22. The number of nitriles is 1. The summed E-state index contributed by atoms with van der Waals surface area (Å²) < 4.78 is 0. The highest BCUT2D eigenvalue weighted by Crippen LogP contribution is 2.37. The van der Waals surface area contributed by atoms with E-state index in [1.165, 1.54) is 17.7 Å². The standard InChI is InChI=1S/C17H17N3/c1-11-6-5-9-13-15(12-7-3-2-4-8-12)14(10-18)17(19)20-16(11)13/h2-4,7-8,11H,5-6,9H2,1H3,(H2,19,20)/p+1/t11-/m1/s1. The van der Waals surface area contributed by atoms with E-state index in [0.29, 0.717) is 17.3 Å². The Morgan fingerprint density at radius 3 is 2.75 bits per heavy atom. The van der Waals surface area contributed by atoms with Gasteiger partial charge in [0.2, 0.25) is 0 Å². The molecule has 3 rings (SSSR count). The van der Waals surface area contributed by atoms with Crippen LogP contribution in [0.25, 0.3) is 11.1 Å². The minimum Gasteiger partial charge on any atom is -0.286 e. The summed E-state index contributed by atoms with van der Waals surface area (Å²) >= 11 is 0. The van der Waals surface area contributed by atoms with Crippen molar-refractivity contribution in [2.45, 2.75) is 32.1 Å². The molecular weight excluding hydrogens is 246 g/mol. The first-order valence-corrected chi connectivity index (χ1v) is 7.05. The van der Waals surface area contributed by atoms with E-state index in [2.05, 4.69) is 30.1 Å². The second-order valence-corrected chi connectivity index (χ2v) is 5.45. The molecular formula is C17H18N3+. The maximum absolute atomic E-state index is 9.48. The Hall–Kier alpha value is -2.34. The molecule has 3 heteroatoms. The smallest absolute Gasteiger partial charge is 0.286 e. The fourth-order valence-electron chi connectivity index (χ4n) is 3.15. The van der Waals surface area contributed by atoms with Gasteiger partial charge in [0.15, 0.2) is 0 Å². The van der Waals surface area contributed by atoms with Gasteiger partial charge in [-0.2, -0.15) is 5.26 Å². The summed E-state index contributed by atoms with van der Waals surface area (Å²) in [5.41, 5.74) is 11.2. The molecule has 100 valence electrons. The Balaban J connectivity index is 2.34. The Bertz CT molecular complexity index is 684. The van der Waals surface area contributed by atoms with Gasteiger partial charge in [-0.25, -0.2) is 4.98 Å². The fourth-order valence-corrected chi connectivity index (χ4v) is 3.15. The number of hydrogen-bond donors (Lipinski definition) is 1. The van der Waals surface area contributed by atoms with Crippen LogP contribution >= 0.6 is 0 Å². The summed E-state index contributed by atoms with van der Waals surface area (Å²) in [5.74, 6) is 0.954. The van der Waals surface area contributed by atoms with Gasteiger partial charge in [-0.3, -0.25) is 5.73 Å². The van der Waals surface area contributed by atoms with Crippen molar-refractivity contribution in [1.29, 1.82) is 5.26 Å². The topological polar surface area (TPSA) is 63.9 Å². The molecule has 0 unspecified atom stereocenters. The predicted molar refractivity (Wildman–Crippen MR) is 78.9 cm³/mol. The van der Waals surface area contributed by atoms with Crippen LogP contribution in [0, 0.1) is 11.3 Å². The molecule has 1 heterocycles. The summed E-state index contributed by atoms with van der Waals surface area (Å²) in [5, 5.41) is 9.48. The second kappa shape index (κ2) is 4.97. The largest absolute Gasteiger partial charge is 0.289 e. The van der Waals surface area contributed by atoms with Crippen molar-refractivity contribution in [3.8, 4) is 17.2 Å². The predicted octanol–water partition coefficient (Wildman–Crippen LogP) is 3.06. The van der Waals surface area contributed by atoms with Crippen LogP contribution in [0.1, 0.15) is 42.5 Å². The number of aromatic nitrogens is 1. The van der Waals surface area contributed by atoms with Crippen molar-refractivity contribution in [2.75, 3.05) is 5.73 Å². The number of H-pyrrole nitrogens is 1. The Morgan fingerprint density at radius 2 is 2.05 bits per heavy atom. The molecule has 1 atom stereocenters. The maximum atomic E-state index is 9.48. The number of benzene rings is 1. The van der Waals surface area contributed by atoms with Crippen LogP contribution in [0.3, 0.4) is 0 Å². The number of nitrogens with zero attached hydrogens (tertiary/aromatic N) is 1. The zero-order chi connectivity index (χ0) is 14.1. The van der Waals surface area contributed by atoms with Crippen LogP contribution in [-0.2, 0) is 6.42 Å². The average Bonchev–Trinajstić information content (AvgIpc) is 2.48. The van der Waals surface area contributed by atoms with Gasteiger partial charge in [0, 0.05) is 17.0 Å². The molecule has 0 saturated carbocycles. The molecule has 1 aliphatic rings. The van der Waals surface area contributed by atoms with E-state index in [0.717, 1.165) is 24.0 Å². The Kier molecular flexibility index (Phi) is 3.15. The summed E-state index contributed by atoms with van der Waals surface area (Å²) in [6, 6.07) is 12.4. The SMILES string of the molecule is C[C@@H]1CCCc2c1[nH+]c(N)c(C#N)c2-c1ccccc1. The quantitative estimate of drug-likeness (QED) is 0.860. The van der Waals surface area contributed by atoms with Crippen molar-refractivity contribution in [2.24, 2.45) is 0 Å². The van der Waals surface area contributed by atoms with Crippen LogP contribution < -0.4 is 10.7 Å². The molecule has 0 amide bonds. The molecule has 3 nitrogen and oxygen atoms in total. The van der Waals surface area contributed by atoms with Crippen LogP contribution in [-0.4, -0.2) is 0 Å². The van der Waals surface area contributed by atoms with E-state index in [9.17, 15) is 5.26 Å². The second-order valence-electron chi connectivity index (χ2n) is 5.45. The van der Waals surface area contributed by atoms with Gasteiger partial charge in [-0.15, -0.1) is 0 Å². The summed E-state index contributed by atoms with van der Waals surface area (Å²) in [6.07, 6.45) is 3.34. The molecule has 0 spiro atoms. The first kappa shape index (κ1) is 12.7. The molecule has 3 N–H and O–H groups in total. The highest BCUT2D eigenvalue weighted by Gasteiger charge is 2.28. The Labute approximate surface area is 119 Å². The lowest BCUT2D eigenvalue weighted by molar-refractivity contribution is -0.377. The van der Waals surface area contributed by atoms with Crippen molar-refractivity contribution in [3.63, 3.8) is 0 Å². The zero-order valence-electron chi connectivity index (χ0n) is 11.6. The molecule has 20 heavy (non-hydrogen) atoms. The minimum atomic E-state index is 0.469. The highest BCUT2D eigenvalue weighted by atomic mass is 14.9. The van der Waals surface area contributed by atoms with Crippen LogP contribution in [0.2, 0.25) is 0 Å². The number of rotatable bonds is 1. The van der Waals surface area contributed by atoms with Crippen molar-refractivity contribution < 1.29 is 4.98 Å². The normalized spacial score (nSPS) is 17.3. The monoisotopic (exact) mass is 264 g/mol. The number of hydrogen-bond acceptors (Lipinski definition) is 2.